The lowest BCUT2D eigenvalue weighted by molar-refractivity contribution is -0.112. The van der Waals surface area contributed by atoms with E-state index >= 15 is 0 Å². The van der Waals surface area contributed by atoms with E-state index in [-0.39, 0.29) is 5.57 Å². The zero-order valence-corrected chi connectivity index (χ0v) is 16.5. The number of fused-ring (bicyclic) bond motifs is 1. The number of anilines is 1. The number of halogens is 1. The summed E-state index contributed by atoms with van der Waals surface area (Å²) in [4.78, 5) is 12.7. The summed E-state index contributed by atoms with van der Waals surface area (Å²) in [6, 6.07) is 15.2. The number of amides is 1. The third-order valence-corrected chi connectivity index (χ3v) is 5.08. The number of nitrogens with one attached hydrogen (secondary N) is 1. The first-order valence-electron chi connectivity index (χ1n) is 8.84. The Hall–Kier alpha value is -3.29. The molecule has 0 saturated heterocycles. The average Bonchev–Trinajstić information content (AvgIpc) is 2.94. The standard InChI is InChI=1S/C23H20ClN3O/c1-4-11-27-16(3)20(19-7-5-6-8-22(19)27)12-17(14-25)23(28)26-18-10-9-15(2)21(24)13-18/h4-10,12-13H,1,11H2,2-3H3,(H,26,28)/b17-12-. The molecule has 0 fully saturated rings. The monoisotopic (exact) mass is 389 g/mol. The molecule has 28 heavy (non-hydrogen) atoms. The SMILES string of the molecule is C=CCn1c(C)c(/C=C(/C#N)C(=O)Nc2ccc(C)c(Cl)c2)c2ccccc21. The van der Waals surface area contributed by atoms with Gasteiger partial charge in [0.2, 0.25) is 0 Å². The number of aryl methyl sites for hydroxylation is 1. The van der Waals surface area contributed by atoms with Gasteiger partial charge in [-0.25, -0.2) is 0 Å². The molecule has 0 aliphatic heterocycles. The first kappa shape index (κ1) is 19.5. The van der Waals surface area contributed by atoms with Crippen LogP contribution in [0.1, 0.15) is 16.8 Å². The predicted octanol–water partition coefficient (Wildman–Crippen LogP) is 5.64. The van der Waals surface area contributed by atoms with Crippen molar-refractivity contribution in [3.05, 3.63) is 82.5 Å². The van der Waals surface area contributed by atoms with Gasteiger partial charge in [0.25, 0.3) is 5.91 Å². The van der Waals surface area contributed by atoms with Crippen molar-refractivity contribution in [2.24, 2.45) is 0 Å². The third-order valence-electron chi connectivity index (χ3n) is 4.67. The van der Waals surface area contributed by atoms with Crippen LogP contribution >= 0.6 is 11.6 Å². The fraction of sp³-hybridized carbons (Fsp3) is 0.130. The second kappa shape index (κ2) is 8.16. The Kier molecular flexibility index (Phi) is 5.67. The molecular formula is C23H20ClN3O. The second-order valence-electron chi connectivity index (χ2n) is 6.50. The van der Waals surface area contributed by atoms with Crippen LogP contribution < -0.4 is 5.32 Å². The Morgan fingerprint density at radius 3 is 2.71 bits per heavy atom. The molecule has 3 rings (SSSR count). The van der Waals surface area contributed by atoms with Gasteiger partial charge in [-0.05, 0) is 43.7 Å². The minimum Gasteiger partial charge on any atom is -0.340 e. The lowest BCUT2D eigenvalue weighted by Gasteiger charge is -2.07. The Bertz CT molecular complexity index is 1150. The van der Waals surface area contributed by atoms with Crippen molar-refractivity contribution in [2.45, 2.75) is 20.4 Å². The molecule has 1 heterocycles. The van der Waals surface area contributed by atoms with Gasteiger partial charge in [-0.3, -0.25) is 4.79 Å². The number of nitriles is 1. The summed E-state index contributed by atoms with van der Waals surface area (Å²) in [5, 5.41) is 13.9. The second-order valence-corrected chi connectivity index (χ2v) is 6.91. The van der Waals surface area contributed by atoms with E-state index in [2.05, 4.69) is 16.5 Å². The number of hydrogen-bond acceptors (Lipinski definition) is 2. The van der Waals surface area contributed by atoms with Crippen molar-refractivity contribution >= 4 is 40.2 Å². The topological polar surface area (TPSA) is 57.8 Å². The number of aromatic nitrogens is 1. The number of allylic oxidation sites excluding steroid dienone is 1. The maximum absolute atomic E-state index is 12.7. The van der Waals surface area contributed by atoms with Gasteiger partial charge in [0, 0.05) is 39.4 Å². The van der Waals surface area contributed by atoms with E-state index in [9.17, 15) is 10.1 Å². The average molecular weight is 390 g/mol. The Morgan fingerprint density at radius 2 is 2.04 bits per heavy atom. The van der Waals surface area contributed by atoms with Crippen molar-refractivity contribution in [2.75, 3.05) is 5.32 Å². The van der Waals surface area contributed by atoms with E-state index in [0.717, 1.165) is 27.7 Å². The number of rotatable bonds is 5. The van der Waals surface area contributed by atoms with Gasteiger partial charge in [0.1, 0.15) is 11.6 Å². The maximum atomic E-state index is 12.7. The minimum atomic E-state index is -0.470. The molecule has 0 saturated carbocycles. The molecule has 1 amide bonds. The summed E-state index contributed by atoms with van der Waals surface area (Å²) >= 11 is 6.12. The molecule has 1 N–H and O–H groups in total. The van der Waals surface area contributed by atoms with Crippen LogP contribution in [0.5, 0.6) is 0 Å². The summed E-state index contributed by atoms with van der Waals surface area (Å²) in [5.74, 6) is -0.470. The summed E-state index contributed by atoms with van der Waals surface area (Å²) in [5.41, 5.74) is 4.36. The van der Waals surface area contributed by atoms with Crippen molar-refractivity contribution in [1.82, 2.24) is 4.57 Å². The molecule has 0 atom stereocenters. The fourth-order valence-corrected chi connectivity index (χ4v) is 3.35. The molecule has 0 unspecified atom stereocenters. The zero-order chi connectivity index (χ0) is 20.3. The summed E-state index contributed by atoms with van der Waals surface area (Å²) in [6.07, 6.45) is 3.47. The van der Waals surface area contributed by atoms with Crippen LogP contribution in [0.4, 0.5) is 5.69 Å². The van der Waals surface area contributed by atoms with Crippen LogP contribution in [0, 0.1) is 25.2 Å². The van der Waals surface area contributed by atoms with E-state index in [1.165, 1.54) is 0 Å². The highest BCUT2D eigenvalue weighted by atomic mass is 35.5. The van der Waals surface area contributed by atoms with E-state index in [1.54, 1.807) is 18.2 Å². The van der Waals surface area contributed by atoms with E-state index < -0.39 is 5.91 Å². The van der Waals surface area contributed by atoms with Crippen LogP contribution in [0.2, 0.25) is 5.02 Å². The van der Waals surface area contributed by atoms with Gasteiger partial charge in [-0.15, -0.1) is 6.58 Å². The molecule has 0 spiro atoms. The van der Waals surface area contributed by atoms with Crippen LogP contribution in [0.25, 0.3) is 17.0 Å². The lowest BCUT2D eigenvalue weighted by atomic mass is 10.1. The van der Waals surface area contributed by atoms with Crippen molar-refractivity contribution < 1.29 is 4.79 Å². The minimum absolute atomic E-state index is 0.0290. The first-order valence-corrected chi connectivity index (χ1v) is 9.22. The summed E-state index contributed by atoms with van der Waals surface area (Å²) in [6.45, 7) is 8.32. The molecule has 0 aliphatic carbocycles. The van der Waals surface area contributed by atoms with Gasteiger partial charge in [0.05, 0.1) is 0 Å². The largest absolute Gasteiger partial charge is 0.340 e. The predicted molar refractivity (Wildman–Crippen MR) is 115 cm³/mol. The van der Waals surface area contributed by atoms with Crippen molar-refractivity contribution in [3.8, 4) is 6.07 Å². The molecule has 3 aromatic rings. The van der Waals surface area contributed by atoms with Gasteiger partial charge >= 0.3 is 0 Å². The van der Waals surface area contributed by atoms with Crippen LogP contribution in [0.15, 0.2) is 60.7 Å². The summed E-state index contributed by atoms with van der Waals surface area (Å²) < 4.78 is 2.11. The molecular weight excluding hydrogens is 370 g/mol. The Labute approximate surface area is 169 Å². The molecule has 0 bridgehead atoms. The number of carbonyl (C=O) groups is 1. The summed E-state index contributed by atoms with van der Waals surface area (Å²) in [7, 11) is 0. The van der Waals surface area contributed by atoms with Gasteiger partial charge in [0.15, 0.2) is 0 Å². The third kappa shape index (κ3) is 3.71. The Balaban J connectivity index is 2.02. The van der Waals surface area contributed by atoms with Crippen LogP contribution in [-0.2, 0) is 11.3 Å². The van der Waals surface area contributed by atoms with Crippen LogP contribution in [0.3, 0.4) is 0 Å². The number of hydrogen-bond donors (Lipinski definition) is 1. The molecule has 0 aliphatic rings. The number of para-hydroxylation sites is 1. The molecule has 2 aromatic carbocycles. The van der Waals surface area contributed by atoms with Crippen molar-refractivity contribution in [1.29, 1.82) is 5.26 Å². The molecule has 4 nitrogen and oxygen atoms in total. The Morgan fingerprint density at radius 1 is 1.29 bits per heavy atom. The van der Waals surface area contributed by atoms with E-state index in [0.29, 0.717) is 17.3 Å². The molecule has 5 heteroatoms. The molecule has 140 valence electrons. The molecule has 0 radical (unpaired) electrons. The van der Waals surface area contributed by atoms with Gasteiger partial charge in [-0.2, -0.15) is 5.26 Å². The maximum Gasteiger partial charge on any atom is 0.266 e. The highest BCUT2D eigenvalue weighted by molar-refractivity contribution is 6.31. The highest BCUT2D eigenvalue weighted by Crippen LogP contribution is 2.28. The van der Waals surface area contributed by atoms with Crippen molar-refractivity contribution in [3.63, 3.8) is 0 Å². The van der Waals surface area contributed by atoms with Gasteiger partial charge in [-0.1, -0.05) is 41.9 Å². The lowest BCUT2D eigenvalue weighted by Crippen LogP contribution is -2.13. The normalized spacial score (nSPS) is 11.3. The zero-order valence-electron chi connectivity index (χ0n) is 15.8. The smallest absolute Gasteiger partial charge is 0.266 e. The quantitative estimate of drug-likeness (QED) is 0.348. The first-order chi connectivity index (χ1) is 13.5. The number of carbonyl (C=O) groups excluding carboxylic acids is 1. The van der Waals surface area contributed by atoms with Crippen LogP contribution in [-0.4, -0.2) is 10.5 Å². The van der Waals surface area contributed by atoms with E-state index in [1.807, 2.05) is 56.3 Å². The number of nitrogens with zero attached hydrogens (tertiary/aromatic N) is 2. The van der Waals surface area contributed by atoms with Gasteiger partial charge < -0.3 is 9.88 Å². The fourth-order valence-electron chi connectivity index (χ4n) is 3.17. The number of benzene rings is 2. The molecule has 1 aromatic heterocycles. The highest BCUT2D eigenvalue weighted by Gasteiger charge is 2.15. The van der Waals surface area contributed by atoms with E-state index in [4.69, 9.17) is 11.6 Å².